The number of carbonyl (C=O) groups excluding carboxylic acids is 2. The largest absolute Gasteiger partial charge is 0.467 e. The van der Waals surface area contributed by atoms with E-state index in [9.17, 15) is 9.59 Å². The number of hydrogen-bond acceptors (Lipinski definition) is 4. The van der Waals surface area contributed by atoms with Crippen LogP contribution in [0.4, 0.5) is 5.69 Å². The molecule has 1 aromatic carbocycles. The number of nitrogens with zero attached hydrogens (tertiary/aromatic N) is 1. The van der Waals surface area contributed by atoms with Gasteiger partial charge in [0.05, 0.1) is 17.7 Å². The summed E-state index contributed by atoms with van der Waals surface area (Å²) in [6.07, 6.45) is 2.34. The Morgan fingerprint density at radius 2 is 2.15 bits per heavy atom. The average molecular weight is 297 g/mol. The van der Waals surface area contributed by atoms with Gasteiger partial charge in [0, 0.05) is 12.2 Å². The second kappa shape index (κ2) is 6.13. The van der Waals surface area contributed by atoms with E-state index in [-0.39, 0.29) is 11.5 Å². The summed E-state index contributed by atoms with van der Waals surface area (Å²) in [5, 5.41) is 0.296. The van der Waals surface area contributed by atoms with E-state index in [1.54, 1.807) is 18.2 Å². The van der Waals surface area contributed by atoms with Crippen LogP contribution in [0.1, 0.15) is 29.6 Å². The third kappa shape index (κ3) is 2.72. The van der Waals surface area contributed by atoms with E-state index in [2.05, 4.69) is 0 Å². The fourth-order valence-corrected chi connectivity index (χ4v) is 2.73. The van der Waals surface area contributed by atoms with Crippen molar-refractivity contribution in [1.82, 2.24) is 4.90 Å². The molecule has 2 N–H and O–H groups in total. The summed E-state index contributed by atoms with van der Waals surface area (Å²) >= 11 is 6.06. The molecule has 0 bridgehead atoms. The van der Waals surface area contributed by atoms with Gasteiger partial charge in [-0.25, -0.2) is 4.79 Å². The topological polar surface area (TPSA) is 72.6 Å². The Hall–Kier alpha value is -1.75. The van der Waals surface area contributed by atoms with Crippen molar-refractivity contribution in [2.45, 2.75) is 25.3 Å². The average Bonchev–Trinajstić information content (AvgIpc) is 2.46. The number of piperidine rings is 1. The van der Waals surface area contributed by atoms with E-state index in [1.807, 2.05) is 0 Å². The number of halogens is 1. The molecule has 6 heteroatoms. The normalized spacial score (nSPS) is 18.7. The lowest BCUT2D eigenvalue weighted by Gasteiger charge is -2.34. The Morgan fingerprint density at radius 3 is 2.80 bits per heavy atom. The van der Waals surface area contributed by atoms with Gasteiger partial charge in [0.25, 0.3) is 5.91 Å². The van der Waals surface area contributed by atoms with Crippen LogP contribution in [-0.4, -0.2) is 36.5 Å². The van der Waals surface area contributed by atoms with Gasteiger partial charge in [-0.3, -0.25) is 4.79 Å². The minimum absolute atomic E-state index is 0.255. The van der Waals surface area contributed by atoms with E-state index < -0.39 is 12.0 Å². The molecule has 1 aliphatic rings. The molecule has 108 valence electrons. The second-order valence-corrected chi connectivity index (χ2v) is 5.14. The van der Waals surface area contributed by atoms with Crippen LogP contribution in [0.2, 0.25) is 5.02 Å². The summed E-state index contributed by atoms with van der Waals surface area (Å²) in [5.41, 5.74) is 6.41. The number of nitrogens with two attached hydrogens (primary N) is 1. The highest BCUT2D eigenvalue weighted by atomic mass is 35.5. The number of rotatable bonds is 2. The number of methoxy groups -OCH3 is 1. The number of hydrogen-bond donors (Lipinski definition) is 1. The van der Waals surface area contributed by atoms with Crippen LogP contribution < -0.4 is 5.73 Å². The van der Waals surface area contributed by atoms with Crippen LogP contribution in [0, 0.1) is 0 Å². The summed E-state index contributed by atoms with van der Waals surface area (Å²) < 4.78 is 4.77. The fraction of sp³-hybridized carbons (Fsp3) is 0.429. The number of anilines is 1. The maximum absolute atomic E-state index is 12.6. The number of carbonyl (C=O) groups is 2. The highest BCUT2D eigenvalue weighted by molar-refractivity contribution is 6.34. The Balaban J connectivity index is 2.33. The molecule has 5 nitrogen and oxygen atoms in total. The van der Waals surface area contributed by atoms with Crippen molar-refractivity contribution in [3.63, 3.8) is 0 Å². The minimum Gasteiger partial charge on any atom is -0.467 e. The molecule has 0 spiro atoms. The summed E-state index contributed by atoms with van der Waals surface area (Å²) in [6, 6.07) is 4.36. The van der Waals surface area contributed by atoms with Gasteiger partial charge < -0.3 is 15.4 Å². The zero-order chi connectivity index (χ0) is 14.7. The molecule has 1 heterocycles. The Bertz CT molecular complexity index is 513. The van der Waals surface area contributed by atoms with Gasteiger partial charge in [0.1, 0.15) is 6.04 Å². The predicted molar refractivity (Wildman–Crippen MR) is 76.6 cm³/mol. The fourth-order valence-electron chi connectivity index (χ4n) is 2.47. The van der Waals surface area contributed by atoms with Crippen molar-refractivity contribution in [3.8, 4) is 0 Å². The van der Waals surface area contributed by atoms with Crippen molar-refractivity contribution < 1.29 is 14.3 Å². The van der Waals surface area contributed by atoms with Crippen LogP contribution in [-0.2, 0) is 9.53 Å². The monoisotopic (exact) mass is 296 g/mol. The molecule has 0 aromatic heterocycles. The highest BCUT2D eigenvalue weighted by Gasteiger charge is 2.34. The van der Waals surface area contributed by atoms with Crippen molar-refractivity contribution in [2.75, 3.05) is 19.4 Å². The number of esters is 1. The number of likely N-dealkylation sites (tertiary alicyclic amines) is 1. The molecule has 0 aliphatic carbocycles. The first kappa shape index (κ1) is 14.7. The highest BCUT2D eigenvalue weighted by Crippen LogP contribution is 2.27. The lowest BCUT2D eigenvalue weighted by Crippen LogP contribution is -2.48. The third-order valence-corrected chi connectivity index (χ3v) is 3.81. The quantitative estimate of drug-likeness (QED) is 0.670. The molecule has 1 aromatic rings. The van der Waals surface area contributed by atoms with E-state index in [0.29, 0.717) is 23.7 Å². The lowest BCUT2D eigenvalue weighted by molar-refractivity contribution is -0.147. The Labute approximate surface area is 122 Å². The first-order chi connectivity index (χ1) is 9.56. The molecule has 0 saturated carbocycles. The molecule has 1 aliphatic heterocycles. The van der Waals surface area contributed by atoms with Crippen molar-refractivity contribution in [1.29, 1.82) is 0 Å². The zero-order valence-corrected chi connectivity index (χ0v) is 12.0. The van der Waals surface area contributed by atoms with Crippen molar-refractivity contribution >= 4 is 29.2 Å². The van der Waals surface area contributed by atoms with Crippen LogP contribution in [0.15, 0.2) is 18.2 Å². The van der Waals surface area contributed by atoms with Gasteiger partial charge in [0.2, 0.25) is 0 Å². The van der Waals surface area contributed by atoms with Crippen LogP contribution >= 0.6 is 11.6 Å². The Morgan fingerprint density at radius 1 is 1.40 bits per heavy atom. The number of ether oxygens (including phenoxy) is 1. The van der Waals surface area contributed by atoms with Crippen LogP contribution in [0.3, 0.4) is 0 Å². The van der Waals surface area contributed by atoms with Crippen molar-refractivity contribution in [3.05, 3.63) is 28.8 Å². The minimum atomic E-state index is -0.558. The SMILES string of the molecule is COC(=O)C1CCCCN1C(=O)c1c(N)cccc1Cl. The van der Waals surface area contributed by atoms with Crippen molar-refractivity contribution in [2.24, 2.45) is 0 Å². The molecule has 1 unspecified atom stereocenters. The van der Waals surface area contributed by atoms with Gasteiger partial charge >= 0.3 is 5.97 Å². The molecule has 1 fully saturated rings. The standard InChI is InChI=1S/C14H17ClN2O3/c1-20-14(19)11-7-2-3-8-17(11)13(18)12-9(15)5-4-6-10(12)16/h4-6,11H,2-3,7-8,16H2,1H3. The van der Waals surface area contributed by atoms with Crippen LogP contribution in [0.5, 0.6) is 0 Å². The molecule has 0 radical (unpaired) electrons. The first-order valence-corrected chi connectivity index (χ1v) is 6.87. The van der Waals surface area contributed by atoms with Gasteiger partial charge in [0.15, 0.2) is 0 Å². The molecule has 1 atom stereocenters. The number of nitrogen functional groups attached to an aromatic ring is 1. The molecular formula is C14H17ClN2O3. The van der Waals surface area contributed by atoms with Gasteiger partial charge in [-0.05, 0) is 31.4 Å². The first-order valence-electron chi connectivity index (χ1n) is 6.49. The lowest BCUT2D eigenvalue weighted by atomic mass is 10.0. The summed E-state index contributed by atoms with van der Waals surface area (Å²) in [6.45, 7) is 0.503. The van der Waals surface area contributed by atoms with E-state index >= 15 is 0 Å². The molecule has 20 heavy (non-hydrogen) atoms. The number of benzene rings is 1. The van der Waals surface area contributed by atoms with E-state index in [4.69, 9.17) is 22.1 Å². The predicted octanol–water partition coefficient (Wildman–Crippen LogP) is 2.09. The number of amides is 1. The maximum Gasteiger partial charge on any atom is 0.328 e. The van der Waals surface area contributed by atoms with Gasteiger partial charge in [-0.15, -0.1) is 0 Å². The zero-order valence-electron chi connectivity index (χ0n) is 11.3. The van der Waals surface area contributed by atoms with E-state index in [0.717, 1.165) is 12.8 Å². The summed E-state index contributed by atoms with van der Waals surface area (Å²) in [5.74, 6) is -0.716. The van der Waals surface area contributed by atoms with Crippen LogP contribution in [0.25, 0.3) is 0 Å². The van der Waals surface area contributed by atoms with E-state index in [1.165, 1.54) is 12.0 Å². The second-order valence-electron chi connectivity index (χ2n) is 4.74. The molecule has 2 rings (SSSR count). The smallest absolute Gasteiger partial charge is 0.328 e. The molecular weight excluding hydrogens is 280 g/mol. The van der Waals surface area contributed by atoms with Gasteiger partial charge in [-0.1, -0.05) is 17.7 Å². The summed E-state index contributed by atoms with van der Waals surface area (Å²) in [7, 11) is 1.32. The van der Waals surface area contributed by atoms with Gasteiger partial charge in [-0.2, -0.15) is 0 Å². The third-order valence-electron chi connectivity index (χ3n) is 3.50. The maximum atomic E-state index is 12.6. The molecule has 1 amide bonds. The Kier molecular flexibility index (Phi) is 4.49. The summed E-state index contributed by atoms with van der Waals surface area (Å²) in [4.78, 5) is 25.9. The molecule has 1 saturated heterocycles.